The van der Waals surface area contributed by atoms with E-state index in [4.69, 9.17) is 32.7 Å². The van der Waals surface area contributed by atoms with Crippen molar-refractivity contribution in [3.8, 4) is 11.5 Å². The number of para-hydroxylation sites is 2. The smallest absolute Gasteiger partial charge is 0.292 e. The van der Waals surface area contributed by atoms with E-state index >= 15 is 0 Å². The first kappa shape index (κ1) is 23.7. The molecule has 1 aliphatic rings. The van der Waals surface area contributed by atoms with Crippen molar-refractivity contribution < 1.29 is 14.4 Å². The van der Waals surface area contributed by atoms with Crippen molar-refractivity contribution in [3.63, 3.8) is 0 Å². The summed E-state index contributed by atoms with van der Waals surface area (Å²) in [4.78, 5) is 17.6. The average Bonchev–Trinajstić information content (AvgIpc) is 2.81. The Labute approximate surface area is 206 Å². The van der Waals surface area contributed by atoms with Crippen molar-refractivity contribution in [1.82, 2.24) is 4.98 Å². The first-order valence-corrected chi connectivity index (χ1v) is 11.0. The Kier molecular flexibility index (Phi) is 6.54. The lowest BCUT2D eigenvalue weighted by Crippen LogP contribution is -2.25. The molecule has 10 heteroatoms. The van der Waals surface area contributed by atoms with Crippen molar-refractivity contribution in [2.75, 3.05) is 38.0 Å². The summed E-state index contributed by atoms with van der Waals surface area (Å²) in [7, 11) is 5.02. The third-order valence-corrected chi connectivity index (χ3v) is 6.43. The number of methoxy groups -OCH3 is 2. The van der Waals surface area contributed by atoms with Crippen molar-refractivity contribution >= 4 is 57.7 Å². The van der Waals surface area contributed by atoms with Crippen LogP contribution in [0.3, 0.4) is 0 Å². The minimum absolute atomic E-state index is 0.0202. The van der Waals surface area contributed by atoms with Gasteiger partial charge in [0.25, 0.3) is 5.69 Å². The van der Waals surface area contributed by atoms with Crippen LogP contribution in [-0.4, -0.2) is 37.7 Å². The zero-order valence-corrected chi connectivity index (χ0v) is 20.5. The molecular formula is C24H22Cl2N4O4. The van der Waals surface area contributed by atoms with Crippen molar-refractivity contribution in [2.24, 2.45) is 0 Å². The van der Waals surface area contributed by atoms with Gasteiger partial charge in [-0.15, -0.1) is 0 Å². The number of hydrogen-bond donors (Lipinski definition) is 1. The number of anilines is 3. The third kappa shape index (κ3) is 4.10. The van der Waals surface area contributed by atoms with Gasteiger partial charge < -0.3 is 19.7 Å². The van der Waals surface area contributed by atoms with E-state index in [-0.39, 0.29) is 5.69 Å². The van der Waals surface area contributed by atoms with E-state index in [0.717, 1.165) is 22.4 Å². The predicted octanol–water partition coefficient (Wildman–Crippen LogP) is 6.36. The van der Waals surface area contributed by atoms with Crippen LogP contribution >= 0.6 is 23.2 Å². The molecular weight excluding hydrogens is 479 g/mol. The molecule has 3 aromatic rings. The van der Waals surface area contributed by atoms with Crippen LogP contribution in [-0.2, 0) is 0 Å². The summed E-state index contributed by atoms with van der Waals surface area (Å²) in [6.45, 7) is 2.44. The predicted molar refractivity (Wildman–Crippen MR) is 136 cm³/mol. The highest BCUT2D eigenvalue weighted by Gasteiger charge is 2.26. The SMILES string of the molecule is COc1cc(OC)c(Cl)c(C2=Cc3cnc(Nc4ccccc4[N+](=O)[O-])c(C)c3N(C)C2)c1Cl. The molecule has 0 radical (unpaired) electrons. The Hall–Kier alpha value is -3.49. The maximum Gasteiger partial charge on any atom is 0.292 e. The van der Waals surface area contributed by atoms with Gasteiger partial charge in [0.15, 0.2) is 0 Å². The van der Waals surface area contributed by atoms with Gasteiger partial charge in [-0.2, -0.15) is 0 Å². The first-order valence-electron chi connectivity index (χ1n) is 10.3. The largest absolute Gasteiger partial charge is 0.495 e. The number of halogens is 2. The van der Waals surface area contributed by atoms with E-state index < -0.39 is 4.92 Å². The Morgan fingerprint density at radius 3 is 2.41 bits per heavy atom. The van der Waals surface area contributed by atoms with Crippen LogP contribution in [0, 0.1) is 17.0 Å². The van der Waals surface area contributed by atoms with E-state index in [1.807, 2.05) is 20.0 Å². The van der Waals surface area contributed by atoms with E-state index in [0.29, 0.717) is 45.2 Å². The summed E-state index contributed by atoms with van der Waals surface area (Å²) in [6, 6.07) is 8.12. The van der Waals surface area contributed by atoms with Crippen molar-refractivity contribution in [1.29, 1.82) is 0 Å². The van der Waals surface area contributed by atoms with Crippen LogP contribution < -0.4 is 19.7 Å². The van der Waals surface area contributed by atoms with Gasteiger partial charge in [-0.25, -0.2) is 4.98 Å². The molecule has 2 aromatic carbocycles. The molecule has 1 aromatic heterocycles. The maximum absolute atomic E-state index is 11.4. The zero-order chi connectivity index (χ0) is 24.6. The van der Waals surface area contributed by atoms with Gasteiger partial charge in [-0.3, -0.25) is 10.1 Å². The molecule has 1 aliphatic heterocycles. The molecule has 8 nitrogen and oxygen atoms in total. The molecule has 0 fully saturated rings. The van der Waals surface area contributed by atoms with Gasteiger partial charge in [0.2, 0.25) is 0 Å². The number of nitrogens with zero attached hydrogens (tertiary/aromatic N) is 3. The lowest BCUT2D eigenvalue weighted by Gasteiger charge is -2.31. The fourth-order valence-electron chi connectivity index (χ4n) is 4.11. The van der Waals surface area contributed by atoms with Crippen LogP contribution in [0.2, 0.25) is 10.0 Å². The van der Waals surface area contributed by atoms with Gasteiger partial charge in [0, 0.05) is 48.6 Å². The van der Waals surface area contributed by atoms with E-state index in [1.54, 1.807) is 30.5 Å². The van der Waals surface area contributed by atoms with Crippen LogP contribution in [0.25, 0.3) is 11.6 Å². The molecule has 0 saturated carbocycles. The summed E-state index contributed by atoms with van der Waals surface area (Å²) >= 11 is 13.3. The molecule has 0 atom stereocenters. The summed E-state index contributed by atoms with van der Waals surface area (Å²) in [6.07, 6.45) is 3.70. The summed E-state index contributed by atoms with van der Waals surface area (Å²) in [5.74, 6) is 1.46. The number of benzene rings is 2. The average molecular weight is 501 g/mol. The van der Waals surface area contributed by atoms with Crippen molar-refractivity contribution in [2.45, 2.75) is 6.92 Å². The molecule has 34 heavy (non-hydrogen) atoms. The molecule has 176 valence electrons. The maximum atomic E-state index is 11.4. The van der Waals surface area contributed by atoms with Crippen LogP contribution in [0.5, 0.6) is 11.5 Å². The number of likely N-dealkylation sites (N-methyl/N-ethyl adjacent to an activating group) is 1. The minimum atomic E-state index is -0.424. The molecule has 4 rings (SSSR count). The Morgan fingerprint density at radius 1 is 1.15 bits per heavy atom. The lowest BCUT2D eigenvalue weighted by atomic mass is 9.96. The number of rotatable bonds is 6. The Morgan fingerprint density at radius 2 is 1.79 bits per heavy atom. The quantitative estimate of drug-likeness (QED) is 0.311. The van der Waals surface area contributed by atoms with Gasteiger partial charge in [-0.05, 0) is 24.6 Å². The van der Waals surface area contributed by atoms with Gasteiger partial charge in [0.1, 0.15) is 23.0 Å². The number of pyridine rings is 1. The first-order chi connectivity index (χ1) is 16.3. The summed E-state index contributed by atoms with van der Waals surface area (Å²) in [5, 5.41) is 15.3. The van der Waals surface area contributed by atoms with E-state index in [1.165, 1.54) is 20.3 Å². The summed E-state index contributed by atoms with van der Waals surface area (Å²) in [5.41, 5.74) is 4.53. The number of hydrogen-bond acceptors (Lipinski definition) is 7. The Balaban J connectivity index is 1.79. The second kappa shape index (κ2) is 9.40. The topological polar surface area (TPSA) is 89.8 Å². The van der Waals surface area contributed by atoms with Gasteiger partial charge in [-0.1, -0.05) is 35.3 Å². The highest BCUT2D eigenvalue weighted by molar-refractivity contribution is 6.39. The molecule has 0 amide bonds. The molecule has 0 aliphatic carbocycles. The number of ether oxygens (including phenoxy) is 2. The van der Waals surface area contributed by atoms with E-state index in [2.05, 4.69) is 15.2 Å². The molecule has 0 unspecified atom stereocenters. The lowest BCUT2D eigenvalue weighted by molar-refractivity contribution is -0.383. The Bertz CT molecular complexity index is 1300. The fourth-order valence-corrected chi connectivity index (χ4v) is 4.86. The number of aromatic nitrogens is 1. The van der Waals surface area contributed by atoms with Gasteiger partial charge in [0.05, 0.1) is 34.9 Å². The van der Waals surface area contributed by atoms with Gasteiger partial charge >= 0.3 is 0 Å². The second-order valence-corrected chi connectivity index (χ2v) is 8.50. The number of nitro groups is 1. The minimum Gasteiger partial charge on any atom is -0.495 e. The number of fused-ring (bicyclic) bond motifs is 1. The van der Waals surface area contributed by atoms with E-state index in [9.17, 15) is 10.1 Å². The monoisotopic (exact) mass is 500 g/mol. The highest BCUT2D eigenvalue weighted by atomic mass is 35.5. The number of nitro benzene ring substituents is 1. The number of nitrogens with one attached hydrogen (secondary N) is 1. The summed E-state index contributed by atoms with van der Waals surface area (Å²) < 4.78 is 10.8. The standard InChI is InChI=1S/C24H22Cl2N4O4/c1-13-23-14(11-27-24(13)28-16-7-5-6-8-17(16)30(31)32)9-15(12-29(23)2)20-21(25)18(33-3)10-19(34-4)22(20)26/h5-11H,12H2,1-4H3,(H,27,28). The van der Waals surface area contributed by atoms with Crippen LogP contribution in [0.1, 0.15) is 16.7 Å². The fraction of sp³-hybridized carbons (Fsp3) is 0.208. The molecule has 0 bridgehead atoms. The normalized spacial score (nSPS) is 12.6. The third-order valence-electron chi connectivity index (χ3n) is 5.68. The molecule has 0 saturated heterocycles. The van der Waals surface area contributed by atoms with Crippen molar-refractivity contribution in [3.05, 3.63) is 73.4 Å². The molecule has 1 N–H and O–H groups in total. The van der Waals surface area contributed by atoms with Crippen LogP contribution in [0.15, 0.2) is 36.5 Å². The second-order valence-electron chi connectivity index (χ2n) is 7.74. The highest BCUT2D eigenvalue weighted by Crippen LogP contribution is 2.46. The molecule has 2 heterocycles. The van der Waals surface area contributed by atoms with Crippen LogP contribution in [0.4, 0.5) is 22.9 Å². The molecule has 0 spiro atoms. The zero-order valence-electron chi connectivity index (χ0n) is 19.0.